The van der Waals surface area contributed by atoms with Crippen LogP contribution in [0, 0.1) is 0 Å². The number of sulfone groups is 1. The minimum atomic E-state index is -3.26. The van der Waals surface area contributed by atoms with Crippen molar-refractivity contribution in [1.29, 1.82) is 0 Å². The SMILES string of the molecule is CS(=O)(=O)c1ccc(C(=O)CCC(N)=O)cc1. The third-order valence-corrected chi connectivity index (χ3v) is 3.33. The maximum atomic E-state index is 11.6. The van der Waals surface area contributed by atoms with Gasteiger partial charge >= 0.3 is 0 Å². The van der Waals surface area contributed by atoms with E-state index in [1.165, 1.54) is 24.3 Å². The summed E-state index contributed by atoms with van der Waals surface area (Å²) < 4.78 is 22.4. The molecule has 0 saturated carbocycles. The van der Waals surface area contributed by atoms with E-state index >= 15 is 0 Å². The number of benzene rings is 1. The van der Waals surface area contributed by atoms with Crippen LogP contribution < -0.4 is 5.73 Å². The second kappa shape index (κ2) is 5.09. The van der Waals surface area contributed by atoms with Crippen molar-refractivity contribution in [2.45, 2.75) is 17.7 Å². The number of Topliss-reactive ketones (excluding diaryl/α,β-unsaturated/α-hetero) is 1. The number of amides is 1. The number of carbonyl (C=O) groups excluding carboxylic acids is 2. The molecule has 17 heavy (non-hydrogen) atoms. The maximum absolute atomic E-state index is 11.6. The summed E-state index contributed by atoms with van der Waals surface area (Å²) in [6, 6.07) is 5.60. The van der Waals surface area contributed by atoms with Gasteiger partial charge in [-0.2, -0.15) is 0 Å². The molecule has 1 aromatic rings. The summed E-state index contributed by atoms with van der Waals surface area (Å²) in [5.74, 6) is -0.769. The Morgan fingerprint density at radius 2 is 1.65 bits per heavy atom. The highest BCUT2D eigenvalue weighted by Crippen LogP contribution is 2.12. The fourth-order valence-corrected chi connectivity index (χ4v) is 1.90. The first-order valence-electron chi connectivity index (χ1n) is 4.92. The second-order valence-electron chi connectivity index (χ2n) is 3.69. The zero-order chi connectivity index (χ0) is 13.1. The van der Waals surface area contributed by atoms with Crippen molar-refractivity contribution < 1.29 is 18.0 Å². The number of hydrogen-bond donors (Lipinski definition) is 1. The number of rotatable bonds is 5. The summed E-state index contributed by atoms with van der Waals surface area (Å²) >= 11 is 0. The minimum absolute atomic E-state index is 0.00728. The topological polar surface area (TPSA) is 94.3 Å². The molecule has 0 radical (unpaired) electrons. The molecule has 0 aliphatic rings. The highest BCUT2D eigenvalue weighted by atomic mass is 32.2. The first-order chi connectivity index (χ1) is 7.80. The lowest BCUT2D eigenvalue weighted by molar-refractivity contribution is -0.118. The number of ketones is 1. The van der Waals surface area contributed by atoms with Crippen LogP contribution in [0.3, 0.4) is 0 Å². The summed E-state index contributed by atoms with van der Waals surface area (Å²) in [4.78, 5) is 22.2. The van der Waals surface area contributed by atoms with Crippen LogP contribution >= 0.6 is 0 Å². The van der Waals surface area contributed by atoms with E-state index in [0.29, 0.717) is 5.56 Å². The van der Waals surface area contributed by atoms with Gasteiger partial charge in [0.25, 0.3) is 0 Å². The van der Waals surface area contributed by atoms with Gasteiger partial charge in [0.05, 0.1) is 4.90 Å². The molecule has 1 rings (SSSR count). The van der Waals surface area contributed by atoms with Crippen LogP contribution in [-0.4, -0.2) is 26.4 Å². The average molecular weight is 255 g/mol. The third kappa shape index (κ3) is 3.99. The van der Waals surface area contributed by atoms with Crippen LogP contribution in [0.1, 0.15) is 23.2 Å². The smallest absolute Gasteiger partial charge is 0.217 e. The Morgan fingerprint density at radius 3 is 2.06 bits per heavy atom. The molecule has 0 fully saturated rings. The zero-order valence-corrected chi connectivity index (χ0v) is 10.2. The monoisotopic (exact) mass is 255 g/mol. The lowest BCUT2D eigenvalue weighted by Crippen LogP contribution is -2.12. The molecule has 0 aliphatic heterocycles. The van der Waals surface area contributed by atoms with Crippen molar-refractivity contribution in [1.82, 2.24) is 0 Å². The van der Waals surface area contributed by atoms with Gasteiger partial charge in [-0.05, 0) is 12.1 Å². The normalized spacial score (nSPS) is 11.1. The number of hydrogen-bond acceptors (Lipinski definition) is 4. The van der Waals surface area contributed by atoms with Gasteiger partial charge in [0.15, 0.2) is 15.6 Å². The van der Waals surface area contributed by atoms with Crippen molar-refractivity contribution in [2.24, 2.45) is 5.73 Å². The van der Waals surface area contributed by atoms with E-state index in [9.17, 15) is 18.0 Å². The van der Waals surface area contributed by atoms with Crippen LogP contribution in [0.2, 0.25) is 0 Å². The van der Waals surface area contributed by atoms with E-state index in [0.717, 1.165) is 6.26 Å². The predicted octanol–water partition coefficient (Wildman–Crippen LogP) is 0.538. The number of nitrogens with two attached hydrogens (primary N) is 1. The molecule has 92 valence electrons. The molecule has 0 saturated heterocycles. The largest absolute Gasteiger partial charge is 0.370 e. The van der Waals surface area contributed by atoms with Crippen LogP contribution in [0.15, 0.2) is 29.2 Å². The molecule has 0 aromatic heterocycles. The van der Waals surface area contributed by atoms with E-state index < -0.39 is 15.7 Å². The Labute approximate surface area is 99.5 Å². The van der Waals surface area contributed by atoms with Gasteiger partial charge in [0.1, 0.15) is 0 Å². The van der Waals surface area contributed by atoms with Gasteiger partial charge in [-0.1, -0.05) is 12.1 Å². The molecular formula is C11H13NO4S. The van der Waals surface area contributed by atoms with E-state index in [4.69, 9.17) is 5.73 Å². The van der Waals surface area contributed by atoms with Crippen LogP contribution in [-0.2, 0) is 14.6 Å². The van der Waals surface area contributed by atoms with E-state index in [1.807, 2.05) is 0 Å². The first-order valence-corrected chi connectivity index (χ1v) is 6.81. The average Bonchev–Trinajstić information content (AvgIpc) is 2.25. The lowest BCUT2D eigenvalue weighted by atomic mass is 10.1. The van der Waals surface area contributed by atoms with Crippen molar-refractivity contribution >= 4 is 21.5 Å². The molecule has 1 aromatic carbocycles. The lowest BCUT2D eigenvalue weighted by Gasteiger charge is -2.01. The Balaban J connectivity index is 2.81. The van der Waals surface area contributed by atoms with Gasteiger partial charge in [0, 0.05) is 24.7 Å². The first kappa shape index (κ1) is 13.4. The van der Waals surface area contributed by atoms with Gasteiger partial charge in [-0.15, -0.1) is 0 Å². The maximum Gasteiger partial charge on any atom is 0.217 e. The molecule has 0 unspecified atom stereocenters. The molecule has 6 heteroatoms. The van der Waals surface area contributed by atoms with Gasteiger partial charge in [-0.25, -0.2) is 8.42 Å². The standard InChI is InChI=1S/C11H13NO4S/c1-17(15,16)9-4-2-8(3-5-9)10(13)6-7-11(12)14/h2-5H,6-7H2,1H3,(H2,12,14). The molecule has 5 nitrogen and oxygen atoms in total. The van der Waals surface area contributed by atoms with Gasteiger partial charge < -0.3 is 5.73 Å². The quantitative estimate of drug-likeness (QED) is 0.777. The summed E-state index contributed by atoms with van der Waals surface area (Å²) in [5.41, 5.74) is 5.30. The third-order valence-electron chi connectivity index (χ3n) is 2.20. The Morgan fingerprint density at radius 1 is 1.12 bits per heavy atom. The number of carbonyl (C=O) groups is 2. The Bertz CT molecular complexity index is 531. The molecule has 0 aliphatic carbocycles. The van der Waals surface area contributed by atoms with Crippen LogP contribution in [0.25, 0.3) is 0 Å². The van der Waals surface area contributed by atoms with Gasteiger partial charge in [0.2, 0.25) is 5.91 Å². The summed E-state index contributed by atoms with van der Waals surface area (Å²) in [5, 5.41) is 0. The van der Waals surface area contributed by atoms with Gasteiger partial charge in [-0.3, -0.25) is 9.59 Å². The Hall–Kier alpha value is -1.69. The van der Waals surface area contributed by atoms with E-state index in [2.05, 4.69) is 0 Å². The fourth-order valence-electron chi connectivity index (χ4n) is 1.27. The molecule has 2 N–H and O–H groups in total. The molecule has 0 bridgehead atoms. The molecule has 0 atom stereocenters. The number of primary amides is 1. The molecule has 0 spiro atoms. The Kier molecular flexibility index (Phi) is 4.01. The van der Waals surface area contributed by atoms with Crippen molar-refractivity contribution in [3.05, 3.63) is 29.8 Å². The summed E-state index contributed by atoms with van der Waals surface area (Å²) in [6.45, 7) is 0. The molecule has 0 heterocycles. The second-order valence-corrected chi connectivity index (χ2v) is 5.70. The van der Waals surface area contributed by atoms with Crippen LogP contribution in [0.4, 0.5) is 0 Å². The highest BCUT2D eigenvalue weighted by molar-refractivity contribution is 7.90. The summed E-state index contributed by atoms with van der Waals surface area (Å²) in [7, 11) is -3.26. The highest BCUT2D eigenvalue weighted by Gasteiger charge is 2.10. The van der Waals surface area contributed by atoms with E-state index in [-0.39, 0.29) is 23.5 Å². The van der Waals surface area contributed by atoms with Crippen molar-refractivity contribution in [3.8, 4) is 0 Å². The summed E-state index contributed by atoms with van der Waals surface area (Å²) in [6.07, 6.45) is 1.12. The van der Waals surface area contributed by atoms with Crippen molar-refractivity contribution in [2.75, 3.05) is 6.26 Å². The van der Waals surface area contributed by atoms with E-state index in [1.54, 1.807) is 0 Å². The fraction of sp³-hybridized carbons (Fsp3) is 0.273. The molecular weight excluding hydrogens is 242 g/mol. The minimum Gasteiger partial charge on any atom is -0.370 e. The van der Waals surface area contributed by atoms with Crippen LogP contribution in [0.5, 0.6) is 0 Å². The predicted molar refractivity (Wildman–Crippen MR) is 62.3 cm³/mol. The zero-order valence-electron chi connectivity index (χ0n) is 9.34. The van der Waals surface area contributed by atoms with Crippen molar-refractivity contribution in [3.63, 3.8) is 0 Å². The molecule has 1 amide bonds.